The largest absolute Gasteiger partial charge is 0.369 e. The molecule has 0 aliphatic heterocycles. The maximum Gasteiger partial charge on any atom is 0.226 e. The van der Waals surface area contributed by atoms with Crippen LogP contribution in [0.25, 0.3) is 0 Å². The average molecular weight is 237 g/mol. The van der Waals surface area contributed by atoms with Gasteiger partial charge < -0.3 is 15.1 Å². The first kappa shape index (κ1) is 13.7. The van der Waals surface area contributed by atoms with Gasteiger partial charge in [0.2, 0.25) is 5.95 Å². The van der Waals surface area contributed by atoms with Gasteiger partial charge in [-0.3, -0.25) is 0 Å². The lowest BCUT2D eigenvalue weighted by Crippen LogP contribution is -2.28. The Balaban J connectivity index is 2.43. The molecule has 0 aliphatic carbocycles. The summed E-state index contributed by atoms with van der Waals surface area (Å²) in [4.78, 5) is 12.9. The standard InChI is InChI=1S/C12H23N5/c1-5-17(6-2)10-9-13-11-7-8-14-12(15-11)16(3)4/h7-8H,5-6,9-10H2,1-4H3,(H,13,14,15). The molecule has 0 aliphatic rings. The van der Waals surface area contributed by atoms with Gasteiger partial charge in [-0.05, 0) is 19.2 Å². The lowest BCUT2D eigenvalue weighted by Gasteiger charge is -2.18. The Bertz CT molecular complexity index is 322. The Hall–Kier alpha value is -1.36. The molecular weight excluding hydrogens is 214 g/mol. The number of aromatic nitrogens is 2. The van der Waals surface area contributed by atoms with Crippen LogP contribution in [-0.2, 0) is 0 Å². The molecule has 0 atom stereocenters. The van der Waals surface area contributed by atoms with E-state index in [0.29, 0.717) is 0 Å². The first-order chi connectivity index (χ1) is 8.17. The predicted octanol–water partition coefficient (Wildman–Crippen LogP) is 1.30. The van der Waals surface area contributed by atoms with E-state index in [1.165, 1.54) is 0 Å². The minimum atomic E-state index is 0.734. The molecule has 0 saturated heterocycles. The summed E-state index contributed by atoms with van der Waals surface area (Å²) < 4.78 is 0. The summed E-state index contributed by atoms with van der Waals surface area (Å²) in [5.41, 5.74) is 0. The fourth-order valence-corrected chi connectivity index (χ4v) is 1.54. The van der Waals surface area contributed by atoms with Crippen LogP contribution < -0.4 is 10.2 Å². The SMILES string of the molecule is CCN(CC)CCNc1ccnc(N(C)C)n1. The molecule has 0 amide bonds. The van der Waals surface area contributed by atoms with E-state index in [-0.39, 0.29) is 0 Å². The number of hydrogen-bond acceptors (Lipinski definition) is 5. The maximum atomic E-state index is 4.41. The Morgan fingerprint density at radius 2 is 1.94 bits per heavy atom. The second-order valence-corrected chi connectivity index (χ2v) is 4.09. The van der Waals surface area contributed by atoms with E-state index >= 15 is 0 Å². The van der Waals surface area contributed by atoms with E-state index in [0.717, 1.165) is 37.9 Å². The minimum Gasteiger partial charge on any atom is -0.369 e. The highest BCUT2D eigenvalue weighted by Gasteiger charge is 2.01. The molecule has 5 nitrogen and oxygen atoms in total. The molecule has 1 heterocycles. The Morgan fingerprint density at radius 1 is 1.24 bits per heavy atom. The molecule has 0 fully saturated rings. The average Bonchev–Trinajstić information content (AvgIpc) is 2.35. The quantitative estimate of drug-likeness (QED) is 0.774. The topological polar surface area (TPSA) is 44.3 Å². The zero-order chi connectivity index (χ0) is 12.7. The predicted molar refractivity (Wildman–Crippen MR) is 72.6 cm³/mol. The third kappa shape index (κ3) is 4.56. The fourth-order valence-electron chi connectivity index (χ4n) is 1.54. The number of hydrogen-bond donors (Lipinski definition) is 1. The van der Waals surface area contributed by atoms with Crippen LogP contribution in [0.2, 0.25) is 0 Å². The van der Waals surface area contributed by atoms with Crippen LogP contribution in [0, 0.1) is 0 Å². The third-order valence-corrected chi connectivity index (χ3v) is 2.67. The number of anilines is 2. The maximum absolute atomic E-state index is 4.41. The first-order valence-electron chi connectivity index (χ1n) is 6.14. The molecule has 96 valence electrons. The van der Waals surface area contributed by atoms with E-state index < -0.39 is 0 Å². The van der Waals surface area contributed by atoms with Gasteiger partial charge in [0.25, 0.3) is 0 Å². The van der Waals surface area contributed by atoms with Gasteiger partial charge in [-0.15, -0.1) is 0 Å². The summed E-state index contributed by atoms with van der Waals surface area (Å²) in [6.45, 7) is 8.48. The molecule has 17 heavy (non-hydrogen) atoms. The lowest BCUT2D eigenvalue weighted by atomic mass is 10.4. The summed E-state index contributed by atoms with van der Waals surface area (Å²) in [5, 5.41) is 3.32. The van der Waals surface area contributed by atoms with Gasteiger partial charge >= 0.3 is 0 Å². The van der Waals surface area contributed by atoms with Gasteiger partial charge in [0, 0.05) is 33.4 Å². The highest BCUT2D eigenvalue weighted by atomic mass is 15.2. The summed E-state index contributed by atoms with van der Waals surface area (Å²) in [6.07, 6.45) is 1.78. The number of likely N-dealkylation sites (N-methyl/N-ethyl adjacent to an activating group) is 1. The van der Waals surface area contributed by atoms with Gasteiger partial charge in [-0.25, -0.2) is 4.98 Å². The molecule has 1 aromatic heterocycles. The monoisotopic (exact) mass is 237 g/mol. The number of nitrogens with zero attached hydrogens (tertiary/aromatic N) is 4. The van der Waals surface area contributed by atoms with Crippen LogP contribution >= 0.6 is 0 Å². The highest BCUT2D eigenvalue weighted by Crippen LogP contribution is 2.07. The van der Waals surface area contributed by atoms with E-state index in [1.54, 1.807) is 6.20 Å². The van der Waals surface area contributed by atoms with Gasteiger partial charge in [0.05, 0.1) is 0 Å². The molecule has 0 spiro atoms. The molecule has 5 heteroatoms. The van der Waals surface area contributed by atoms with Gasteiger partial charge in [-0.2, -0.15) is 4.98 Å². The molecular formula is C12H23N5. The lowest BCUT2D eigenvalue weighted by molar-refractivity contribution is 0.316. The van der Waals surface area contributed by atoms with E-state index in [2.05, 4.69) is 34.0 Å². The van der Waals surface area contributed by atoms with Crippen molar-refractivity contribution in [2.24, 2.45) is 0 Å². The van der Waals surface area contributed by atoms with Crippen molar-refractivity contribution in [2.75, 3.05) is 50.5 Å². The van der Waals surface area contributed by atoms with Crippen LogP contribution in [0.1, 0.15) is 13.8 Å². The Kier molecular flexibility index (Phi) is 5.69. The van der Waals surface area contributed by atoms with Crippen molar-refractivity contribution in [3.8, 4) is 0 Å². The van der Waals surface area contributed by atoms with E-state index in [9.17, 15) is 0 Å². The second-order valence-electron chi connectivity index (χ2n) is 4.09. The molecule has 0 aromatic carbocycles. The first-order valence-corrected chi connectivity index (χ1v) is 6.14. The zero-order valence-corrected chi connectivity index (χ0v) is 11.3. The summed E-state index contributed by atoms with van der Waals surface area (Å²) in [6, 6.07) is 1.90. The van der Waals surface area contributed by atoms with Gasteiger partial charge in [-0.1, -0.05) is 13.8 Å². The van der Waals surface area contributed by atoms with Crippen LogP contribution in [-0.4, -0.2) is 55.1 Å². The minimum absolute atomic E-state index is 0.734. The fraction of sp³-hybridized carbons (Fsp3) is 0.667. The van der Waals surface area contributed by atoms with E-state index in [4.69, 9.17) is 0 Å². The van der Waals surface area contributed by atoms with Gasteiger partial charge in [0.1, 0.15) is 5.82 Å². The van der Waals surface area contributed by atoms with Crippen molar-refractivity contribution in [1.82, 2.24) is 14.9 Å². The highest BCUT2D eigenvalue weighted by molar-refractivity contribution is 5.40. The van der Waals surface area contributed by atoms with Gasteiger partial charge in [0.15, 0.2) is 0 Å². The van der Waals surface area contributed by atoms with Crippen LogP contribution in [0.4, 0.5) is 11.8 Å². The normalized spacial score (nSPS) is 10.6. The molecule has 1 N–H and O–H groups in total. The molecule has 0 unspecified atom stereocenters. The Labute approximate surface area is 104 Å². The van der Waals surface area contributed by atoms with Crippen molar-refractivity contribution in [1.29, 1.82) is 0 Å². The van der Waals surface area contributed by atoms with Crippen molar-refractivity contribution in [3.63, 3.8) is 0 Å². The van der Waals surface area contributed by atoms with Crippen molar-refractivity contribution in [2.45, 2.75) is 13.8 Å². The molecule has 0 bridgehead atoms. The van der Waals surface area contributed by atoms with Crippen LogP contribution in [0.15, 0.2) is 12.3 Å². The molecule has 0 saturated carbocycles. The Morgan fingerprint density at radius 3 is 2.53 bits per heavy atom. The van der Waals surface area contributed by atoms with E-state index in [1.807, 2.05) is 25.1 Å². The summed E-state index contributed by atoms with van der Waals surface area (Å²) in [5.74, 6) is 1.62. The smallest absolute Gasteiger partial charge is 0.226 e. The number of rotatable bonds is 7. The van der Waals surface area contributed by atoms with Crippen molar-refractivity contribution in [3.05, 3.63) is 12.3 Å². The van der Waals surface area contributed by atoms with Crippen LogP contribution in [0.3, 0.4) is 0 Å². The molecule has 1 rings (SSSR count). The molecule has 0 radical (unpaired) electrons. The van der Waals surface area contributed by atoms with Crippen molar-refractivity contribution < 1.29 is 0 Å². The summed E-state index contributed by atoms with van der Waals surface area (Å²) >= 11 is 0. The number of nitrogens with one attached hydrogen (secondary N) is 1. The summed E-state index contributed by atoms with van der Waals surface area (Å²) in [7, 11) is 3.88. The molecule has 1 aromatic rings. The van der Waals surface area contributed by atoms with Crippen molar-refractivity contribution >= 4 is 11.8 Å². The second kappa shape index (κ2) is 7.06. The zero-order valence-electron chi connectivity index (χ0n) is 11.3. The van der Waals surface area contributed by atoms with Crippen LogP contribution in [0.5, 0.6) is 0 Å². The third-order valence-electron chi connectivity index (χ3n) is 2.67.